The second kappa shape index (κ2) is 7.01. The van der Waals surface area contributed by atoms with Crippen molar-refractivity contribution in [1.29, 1.82) is 0 Å². The van der Waals surface area contributed by atoms with E-state index in [-0.39, 0.29) is 17.5 Å². The van der Waals surface area contributed by atoms with Crippen molar-refractivity contribution in [3.05, 3.63) is 64.4 Å². The van der Waals surface area contributed by atoms with E-state index in [4.69, 9.17) is 11.6 Å². The molecule has 0 heterocycles. The molecule has 0 aromatic heterocycles. The fourth-order valence-electron chi connectivity index (χ4n) is 2.28. The van der Waals surface area contributed by atoms with Crippen molar-refractivity contribution >= 4 is 23.3 Å². The Balaban J connectivity index is 2.07. The van der Waals surface area contributed by atoms with E-state index in [1.165, 1.54) is 12.1 Å². The molecule has 2 aromatic carbocycles. The molecule has 2 N–H and O–H groups in total. The highest BCUT2D eigenvalue weighted by Crippen LogP contribution is 2.29. The van der Waals surface area contributed by atoms with Crippen LogP contribution in [0.1, 0.15) is 31.9 Å². The van der Waals surface area contributed by atoms with E-state index in [1.54, 1.807) is 6.07 Å². The van der Waals surface area contributed by atoms with Gasteiger partial charge >= 0.3 is 6.03 Å². The van der Waals surface area contributed by atoms with E-state index >= 15 is 0 Å². The normalized spacial score (nSPS) is 11.2. The summed E-state index contributed by atoms with van der Waals surface area (Å²) in [6.07, 6.45) is 0. The molecule has 2 aromatic rings. The quantitative estimate of drug-likeness (QED) is 0.805. The molecule has 0 aliphatic carbocycles. The highest BCUT2D eigenvalue weighted by atomic mass is 35.5. The van der Waals surface area contributed by atoms with E-state index in [2.05, 4.69) is 31.4 Å². The summed E-state index contributed by atoms with van der Waals surface area (Å²) in [5.74, 6) is -0.437. The number of carbonyl (C=O) groups excluding carboxylic acids is 1. The number of rotatable bonds is 3. The molecule has 0 fully saturated rings. The predicted octanol–water partition coefficient (Wildman–Crippen LogP) is 5.10. The molecular weight excluding hydrogens is 315 g/mol. The fraction of sp³-hybridized carbons (Fsp3) is 0.278. The third-order valence-corrected chi connectivity index (χ3v) is 3.82. The number of hydrogen-bond acceptors (Lipinski definition) is 1. The van der Waals surface area contributed by atoms with Crippen molar-refractivity contribution < 1.29 is 9.18 Å². The minimum Gasteiger partial charge on any atom is -0.334 e. The molecule has 23 heavy (non-hydrogen) atoms. The number of amides is 2. The Morgan fingerprint density at radius 2 is 1.83 bits per heavy atom. The van der Waals surface area contributed by atoms with Crippen LogP contribution in [0.4, 0.5) is 14.9 Å². The average molecular weight is 335 g/mol. The van der Waals surface area contributed by atoms with Crippen molar-refractivity contribution in [3.8, 4) is 0 Å². The Hall–Kier alpha value is -2.07. The zero-order valence-corrected chi connectivity index (χ0v) is 14.2. The van der Waals surface area contributed by atoms with E-state index in [9.17, 15) is 9.18 Å². The van der Waals surface area contributed by atoms with Crippen molar-refractivity contribution in [2.75, 3.05) is 5.32 Å². The van der Waals surface area contributed by atoms with Crippen molar-refractivity contribution in [1.82, 2.24) is 5.32 Å². The van der Waals surface area contributed by atoms with Gasteiger partial charge in [-0.25, -0.2) is 9.18 Å². The van der Waals surface area contributed by atoms with Crippen LogP contribution in [0.25, 0.3) is 0 Å². The fourth-order valence-corrected chi connectivity index (χ4v) is 2.51. The monoisotopic (exact) mass is 334 g/mol. The summed E-state index contributed by atoms with van der Waals surface area (Å²) >= 11 is 5.95. The zero-order valence-electron chi connectivity index (χ0n) is 13.4. The predicted molar refractivity (Wildman–Crippen MR) is 92.4 cm³/mol. The second-order valence-corrected chi connectivity index (χ2v) is 6.71. The Morgan fingerprint density at radius 3 is 2.48 bits per heavy atom. The number of halogens is 2. The number of benzene rings is 2. The van der Waals surface area contributed by atoms with E-state index in [1.807, 2.05) is 24.3 Å². The van der Waals surface area contributed by atoms with Gasteiger partial charge in [0.05, 0.1) is 0 Å². The summed E-state index contributed by atoms with van der Waals surface area (Å²) in [5.41, 5.74) is 1.93. The van der Waals surface area contributed by atoms with Crippen LogP contribution in [-0.4, -0.2) is 6.03 Å². The highest BCUT2D eigenvalue weighted by molar-refractivity contribution is 6.31. The van der Waals surface area contributed by atoms with Crippen molar-refractivity contribution in [2.24, 2.45) is 0 Å². The van der Waals surface area contributed by atoms with Gasteiger partial charge in [0.15, 0.2) is 0 Å². The Bertz CT molecular complexity index is 690. The molecule has 0 radical (unpaired) electrons. The SMILES string of the molecule is CC(C)(C)c1ccccc1NC(=O)NCc1c(F)cccc1Cl. The van der Waals surface area contributed by atoms with Crippen molar-refractivity contribution in [3.63, 3.8) is 0 Å². The lowest BCUT2D eigenvalue weighted by atomic mass is 9.86. The Labute approximate surface area is 140 Å². The first-order chi connectivity index (χ1) is 10.8. The molecule has 0 unspecified atom stereocenters. The molecule has 0 saturated carbocycles. The minimum atomic E-state index is -0.437. The van der Waals surface area contributed by atoms with Crippen LogP contribution in [0.3, 0.4) is 0 Å². The van der Waals surface area contributed by atoms with Gasteiger partial charge in [0.1, 0.15) is 5.82 Å². The van der Waals surface area contributed by atoms with Gasteiger partial charge < -0.3 is 10.6 Å². The van der Waals surface area contributed by atoms with Crippen LogP contribution >= 0.6 is 11.6 Å². The molecule has 0 spiro atoms. The maximum absolute atomic E-state index is 13.7. The number of hydrogen-bond donors (Lipinski definition) is 2. The molecule has 122 valence electrons. The molecule has 2 rings (SSSR count). The third kappa shape index (κ3) is 4.45. The summed E-state index contributed by atoms with van der Waals surface area (Å²) in [5, 5.41) is 5.74. The van der Waals surface area contributed by atoms with E-state index in [0.717, 1.165) is 11.3 Å². The van der Waals surface area contributed by atoms with Gasteiger partial charge in [-0.2, -0.15) is 0 Å². The van der Waals surface area contributed by atoms with Gasteiger partial charge in [0, 0.05) is 22.8 Å². The van der Waals surface area contributed by atoms with Crippen LogP contribution < -0.4 is 10.6 Å². The summed E-state index contributed by atoms with van der Waals surface area (Å²) in [7, 11) is 0. The zero-order chi connectivity index (χ0) is 17.0. The van der Waals surface area contributed by atoms with Crippen LogP contribution in [0.2, 0.25) is 5.02 Å². The smallest absolute Gasteiger partial charge is 0.319 e. The lowest BCUT2D eigenvalue weighted by Crippen LogP contribution is -2.30. The maximum Gasteiger partial charge on any atom is 0.319 e. The number of para-hydroxylation sites is 1. The van der Waals surface area contributed by atoms with Crippen molar-refractivity contribution in [2.45, 2.75) is 32.7 Å². The van der Waals surface area contributed by atoms with Crippen LogP contribution in [0.5, 0.6) is 0 Å². The van der Waals surface area contributed by atoms with E-state index < -0.39 is 11.8 Å². The minimum absolute atomic E-state index is 0.0228. The highest BCUT2D eigenvalue weighted by Gasteiger charge is 2.18. The van der Waals surface area contributed by atoms with Gasteiger partial charge in [0.25, 0.3) is 0 Å². The molecule has 2 amide bonds. The topological polar surface area (TPSA) is 41.1 Å². The first kappa shape index (κ1) is 17.3. The number of carbonyl (C=O) groups is 1. The number of anilines is 1. The number of nitrogens with one attached hydrogen (secondary N) is 2. The molecule has 0 aliphatic rings. The first-order valence-electron chi connectivity index (χ1n) is 7.36. The van der Waals surface area contributed by atoms with Gasteiger partial charge in [-0.3, -0.25) is 0 Å². The van der Waals surface area contributed by atoms with Crippen LogP contribution in [-0.2, 0) is 12.0 Å². The van der Waals surface area contributed by atoms with Crippen LogP contribution in [0, 0.1) is 5.82 Å². The summed E-state index contributed by atoms with van der Waals surface area (Å²) < 4.78 is 13.7. The first-order valence-corrected chi connectivity index (χ1v) is 7.74. The lowest BCUT2D eigenvalue weighted by Gasteiger charge is -2.23. The summed E-state index contributed by atoms with van der Waals surface area (Å²) in [4.78, 5) is 12.1. The van der Waals surface area contributed by atoms with Gasteiger partial charge in [-0.05, 0) is 29.2 Å². The Kier molecular flexibility index (Phi) is 5.26. The molecule has 0 bridgehead atoms. The summed E-state index contributed by atoms with van der Waals surface area (Å²) in [6.45, 7) is 6.24. The van der Waals surface area contributed by atoms with Gasteiger partial charge in [-0.1, -0.05) is 56.6 Å². The summed E-state index contributed by atoms with van der Waals surface area (Å²) in [6, 6.07) is 11.6. The van der Waals surface area contributed by atoms with Gasteiger partial charge in [0.2, 0.25) is 0 Å². The molecule has 5 heteroatoms. The molecule has 0 aliphatic heterocycles. The molecule has 0 saturated heterocycles. The standard InChI is InChI=1S/C18H20ClFN2O/c1-18(2,3)13-7-4-5-10-16(13)22-17(23)21-11-12-14(19)8-6-9-15(12)20/h4-10H,11H2,1-3H3,(H2,21,22,23). The molecular formula is C18H20ClFN2O. The average Bonchev–Trinajstić information content (AvgIpc) is 2.46. The molecule has 0 atom stereocenters. The third-order valence-electron chi connectivity index (χ3n) is 3.47. The molecule has 3 nitrogen and oxygen atoms in total. The number of urea groups is 1. The second-order valence-electron chi connectivity index (χ2n) is 6.30. The Morgan fingerprint density at radius 1 is 1.13 bits per heavy atom. The largest absolute Gasteiger partial charge is 0.334 e. The van der Waals surface area contributed by atoms with Gasteiger partial charge in [-0.15, -0.1) is 0 Å². The van der Waals surface area contributed by atoms with Crippen LogP contribution in [0.15, 0.2) is 42.5 Å². The lowest BCUT2D eigenvalue weighted by molar-refractivity contribution is 0.251. The maximum atomic E-state index is 13.7. The van der Waals surface area contributed by atoms with E-state index in [0.29, 0.717) is 5.02 Å².